The predicted octanol–water partition coefficient (Wildman–Crippen LogP) is 6.20. The monoisotopic (exact) mass is 301 g/mol. The van der Waals surface area contributed by atoms with Crippen LogP contribution in [0.1, 0.15) is 90.4 Å². The Balaban J connectivity index is 3.09. The van der Waals surface area contributed by atoms with E-state index in [0.717, 1.165) is 6.42 Å². The summed E-state index contributed by atoms with van der Waals surface area (Å²) in [4.78, 5) is 0. The zero-order valence-electron chi connectivity index (χ0n) is 13.6. The van der Waals surface area contributed by atoms with Crippen LogP contribution in [-0.4, -0.2) is 11.9 Å². The Morgan fingerprint density at radius 1 is 0.800 bits per heavy atom. The maximum absolute atomic E-state index is 5.98. The summed E-state index contributed by atoms with van der Waals surface area (Å²) in [7, 11) is 0. The molecule has 0 fully saturated rings. The van der Waals surface area contributed by atoms with Gasteiger partial charge in [0, 0.05) is 11.9 Å². The summed E-state index contributed by atoms with van der Waals surface area (Å²) in [5.74, 6) is 0. The van der Waals surface area contributed by atoms with Gasteiger partial charge in [0.15, 0.2) is 0 Å². The molecule has 0 aromatic heterocycles. The van der Waals surface area contributed by atoms with Gasteiger partial charge in [0.05, 0.1) is 0 Å². The van der Waals surface area contributed by atoms with E-state index in [-0.39, 0.29) is 5.38 Å². The molecule has 120 valence electrons. The van der Waals surface area contributed by atoms with Gasteiger partial charge in [0.1, 0.15) is 0 Å². The van der Waals surface area contributed by atoms with Crippen LogP contribution in [0, 0.1) is 0 Å². The van der Waals surface area contributed by atoms with Crippen molar-refractivity contribution in [3.8, 4) is 0 Å². The minimum Gasteiger partial charge on any atom is -0.329 e. The fraction of sp³-hybridized carbons (Fsp3) is 0.889. The van der Waals surface area contributed by atoms with Crippen molar-refractivity contribution >= 4 is 11.6 Å². The van der Waals surface area contributed by atoms with Crippen LogP contribution < -0.4 is 5.73 Å². The van der Waals surface area contributed by atoms with E-state index in [9.17, 15) is 0 Å². The van der Waals surface area contributed by atoms with Gasteiger partial charge < -0.3 is 5.73 Å². The van der Waals surface area contributed by atoms with Crippen LogP contribution in [0.3, 0.4) is 0 Å². The number of rotatable bonds is 15. The maximum atomic E-state index is 5.98. The van der Waals surface area contributed by atoms with E-state index in [1.54, 1.807) is 0 Å². The summed E-state index contributed by atoms with van der Waals surface area (Å²) in [6, 6.07) is 0. The SMILES string of the molecule is CCCCCCCC/C=C\CCCCCCC(Cl)CN. The number of hydrogen-bond acceptors (Lipinski definition) is 1. The first-order valence-electron chi connectivity index (χ1n) is 8.80. The summed E-state index contributed by atoms with van der Waals surface area (Å²) in [5.41, 5.74) is 5.49. The first-order chi connectivity index (χ1) is 9.81. The standard InChI is InChI=1S/C18H36ClN/c1-2-3-4-5-6-7-8-9-10-11-12-13-14-15-16-18(19)17-20/h9-10,18H,2-8,11-17,20H2,1H3/b10-9-. The van der Waals surface area contributed by atoms with Crippen molar-refractivity contribution in [2.45, 2.75) is 95.8 Å². The minimum atomic E-state index is 0.187. The van der Waals surface area contributed by atoms with Gasteiger partial charge in [0.25, 0.3) is 0 Å². The summed E-state index contributed by atoms with van der Waals surface area (Å²) in [5, 5.41) is 0.187. The van der Waals surface area contributed by atoms with Crippen LogP contribution in [0.15, 0.2) is 12.2 Å². The van der Waals surface area contributed by atoms with Gasteiger partial charge in [-0.2, -0.15) is 0 Å². The van der Waals surface area contributed by atoms with Crippen LogP contribution in [0.4, 0.5) is 0 Å². The van der Waals surface area contributed by atoms with E-state index >= 15 is 0 Å². The van der Waals surface area contributed by atoms with Gasteiger partial charge in [0.2, 0.25) is 0 Å². The molecule has 1 nitrogen and oxygen atoms in total. The first-order valence-corrected chi connectivity index (χ1v) is 9.24. The average molecular weight is 302 g/mol. The van der Waals surface area contributed by atoms with E-state index < -0.39 is 0 Å². The lowest BCUT2D eigenvalue weighted by Crippen LogP contribution is -2.13. The number of nitrogens with two attached hydrogens (primary N) is 1. The van der Waals surface area contributed by atoms with E-state index in [4.69, 9.17) is 17.3 Å². The second-order valence-electron chi connectivity index (χ2n) is 5.85. The lowest BCUT2D eigenvalue weighted by molar-refractivity contribution is 0.602. The van der Waals surface area contributed by atoms with Gasteiger partial charge in [-0.1, -0.05) is 70.4 Å². The highest BCUT2D eigenvalue weighted by Gasteiger charge is 1.99. The number of allylic oxidation sites excluding steroid dienone is 2. The third-order valence-corrected chi connectivity index (χ3v) is 4.18. The second kappa shape index (κ2) is 17.0. The Kier molecular flexibility index (Phi) is 17.0. The van der Waals surface area contributed by atoms with Crippen molar-refractivity contribution in [3.63, 3.8) is 0 Å². The predicted molar refractivity (Wildman–Crippen MR) is 93.5 cm³/mol. The molecule has 0 amide bonds. The maximum Gasteiger partial charge on any atom is 0.0458 e. The fourth-order valence-corrected chi connectivity index (χ4v) is 2.53. The molecule has 2 heteroatoms. The van der Waals surface area contributed by atoms with Crippen molar-refractivity contribution in [3.05, 3.63) is 12.2 Å². The zero-order valence-corrected chi connectivity index (χ0v) is 14.3. The molecule has 20 heavy (non-hydrogen) atoms. The third kappa shape index (κ3) is 16.0. The average Bonchev–Trinajstić information content (AvgIpc) is 2.47. The lowest BCUT2D eigenvalue weighted by Gasteiger charge is -2.04. The van der Waals surface area contributed by atoms with Crippen molar-refractivity contribution in [2.75, 3.05) is 6.54 Å². The molecule has 0 aliphatic carbocycles. The third-order valence-electron chi connectivity index (χ3n) is 3.78. The van der Waals surface area contributed by atoms with Crippen molar-refractivity contribution < 1.29 is 0 Å². The van der Waals surface area contributed by atoms with Gasteiger partial charge >= 0.3 is 0 Å². The Morgan fingerprint density at radius 2 is 1.30 bits per heavy atom. The van der Waals surface area contributed by atoms with E-state index in [1.807, 2.05) is 0 Å². The van der Waals surface area contributed by atoms with Crippen molar-refractivity contribution in [1.29, 1.82) is 0 Å². The molecule has 0 aromatic rings. The van der Waals surface area contributed by atoms with Crippen LogP contribution >= 0.6 is 11.6 Å². The molecular formula is C18H36ClN. The Bertz CT molecular complexity index is 204. The summed E-state index contributed by atoms with van der Waals surface area (Å²) in [6.07, 6.45) is 21.9. The van der Waals surface area contributed by atoms with Crippen molar-refractivity contribution in [1.82, 2.24) is 0 Å². The second-order valence-corrected chi connectivity index (χ2v) is 6.47. The van der Waals surface area contributed by atoms with Gasteiger partial charge in [-0.25, -0.2) is 0 Å². The molecule has 2 N–H and O–H groups in total. The summed E-state index contributed by atoms with van der Waals surface area (Å²) in [6.45, 7) is 2.89. The van der Waals surface area contributed by atoms with Crippen molar-refractivity contribution in [2.24, 2.45) is 5.73 Å². The molecule has 0 aliphatic heterocycles. The zero-order chi connectivity index (χ0) is 14.9. The number of unbranched alkanes of at least 4 members (excludes halogenated alkanes) is 10. The number of alkyl halides is 1. The van der Waals surface area contributed by atoms with E-state index in [0.29, 0.717) is 6.54 Å². The summed E-state index contributed by atoms with van der Waals surface area (Å²) >= 11 is 5.98. The van der Waals surface area contributed by atoms with Crippen LogP contribution in [0.2, 0.25) is 0 Å². The molecule has 0 bridgehead atoms. The van der Waals surface area contributed by atoms with Crippen LogP contribution in [-0.2, 0) is 0 Å². The molecule has 1 unspecified atom stereocenters. The minimum absolute atomic E-state index is 0.187. The Hall–Kier alpha value is -0.0100. The Morgan fingerprint density at radius 3 is 1.85 bits per heavy atom. The lowest BCUT2D eigenvalue weighted by atomic mass is 10.1. The fourth-order valence-electron chi connectivity index (χ4n) is 2.38. The molecule has 0 aromatic carbocycles. The molecule has 0 aliphatic rings. The van der Waals surface area contributed by atoms with E-state index in [2.05, 4.69) is 19.1 Å². The molecule has 0 heterocycles. The highest BCUT2D eigenvalue weighted by molar-refractivity contribution is 6.20. The van der Waals surface area contributed by atoms with E-state index in [1.165, 1.54) is 77.0 Å². The molecule has 0 radical (unpaired) electrons. The van der Waals surface area contributed by atoms with Gasteiger partial charge in [-0.05, 0) is 32.1 Å². The quantitative estimate of drug-likeness (QED) is 0.217. The molecule has 0 saturated carbocycles. The first kappa shape index (κ1) is 20.0. The molecule has 0 saturated heterocycles. The molecule has 1 atom stereocenters. The highest BCUT2D eigenvalue weighted by atomic mass is 35.5. The highest BCUT2D eigenvalue weighted by Crippen LogP contribution is 2.11. The smallest absolute Gasteiger partial charge is 0.0458 e. The summed E-state index contributed by atoms with van der Waals surface area (Å²) < 4.78 is 0. The molecular weight excluding hydrogens is 266 g/mol. The number of hydrogen-bond donors (Lipinski definition) is 1. The topological polar surface area (TPSA) is 26.0 Å². The largest absolute Gasteiger partial charge is 0.329 e. The van der Waals surface area contributed by atoms with Gasteiger partial charge in [-0.3, -0.25) is 0 Å². The Labute approximate surface area is 132 Å². The van der Waals surface area contributed by atoms with Gasteiger partial charge in [-0.15, -0.1) is 11.6 Å². The number of halogens is 1. The van der Waals surface area contributed by atoms with Crippen LogP contribution in [0.5, 0.6) is 0 Å². The molecule has 0 spiro atoms. The molecule has 0 rings (SSSR count). The normalized spacial score (nSPS) is 13.2. The van der Waals surface area contributed by atoms with Crippen LogP contribution in [0.25, 0.3) is 0 Å².